The summed E-state index contributed by atoms with van der Waals surface area (Å²) in [6, 6.07) is 17.3. The lowest BCUT2D eigenvalue weighted by molar-refractivity contribution is 0.460. The van der Waals surface area contributed by atoms with Crippen molar-refractivity contribution in [2.75, 3.05) is 0 Å². The number of aryl methyl sites for hydroxylation is 6. The van der Waals surface area contributed by atoms with Gasteiger partial charge in [0.1, 0.15) is 23.0 Å². The molecule has 0 aromatic heterocycles. The van der Waals surface area contributed by atoms with Crippen LogP contribution in [0.5, 0.6) is 23.0 Å². The minimum atomic E-state index is 0.111. The second kappa shape index (κ2) is 19.8. The normalized spacial score (nSPS) is 11.5. The van der Waals surface area contributed by atoms with Gasteiger partial charge in [-0.15, -0.1) is 0 Å². The molecule has 282 valence electrons. The molecule has 0 aliphatic carbocycles. The van der Waals surface area contributed by atoms with Crippen LogP contribution in [-0.2, 0) is 51.4 Å². The first-order valence-electron chi connectivity index (χ1n) is 20.5. The van der Waals surface area contributed by atoms with E-state index >= 15 is 0 Å². The molecule has 0 radical (unpaired) electrons. The maximum Gasteiger partial charge on any atom is 0.122 e. The molecule has 4 aromatic carbocycles. The van der Waals surface area contributed by atoms with Gasteiger partial charge in [0.25, 0.3) is 0 Å². The Hall–Kier alpha value is -3.92. The number of phenols is 4. The van der Waals surface area contributed by atoms with Crippen molar-refractivity contribution in [2.45, 2.75) is 157 Å². The van der Waals surface area contributed by atoms with Crippen LogP contribution in [0.4, 0.5) is 0 Å². The number of hydrogen-bond donors (Lipinski definition) is 4. The largest absolute Gasteiger partial charge is 0.507 e. The van der Waals surface area contributed by atoms with Crippen LogP contribution in [0.3, 0.4) is 0 Å². The lowest BCUT2D eigenvalue weighted by Crippen LogP contribution is -2.07. The van der Waals surface area contributed by atoms with Gasteiger partial charge in [0.2, 0.25) is 0 Å². The van der Waals surface area contributed by atoms with Gasteiger partial charge in [0.15, 0.2) is 0 Å². The standard InChI is InChI=1S/C48H66O4/c1-8-15-16-17-18-19-20-21-44(40-28-38(13-6)47(51)42(30-40)26-32-22-34(9-2)45(49)35(10-3)23-32)41-29-39(14-7)48(52)43(31-41)27-33-24-36(11-4)46(50)37(12-5)25-33/h22-25,28-31,44,49-52H,8-21,26-27H2,1-7H3. The van der Waals surface area contributed by atoms with Crippen LogP contribution >= 0.6 is 0 Å². The molecule has 4 N–H and O–H groups in total. The molecule has 0 saturated heterocycles. The van der Waals surface area contributed by atoms with E-state index in [0.29, 0.717) is 35.8 Å². The number of hydrogen-bond acceptors (Lipinski definition) is 4. The van der Waals surface area contributed by atoms with E-state index in [-0.39, 0.29) is 5.92 Å². The molecule has 0 saturated carbocycles. The first-order valence-corrected chi connectivity index (χ1v) is 20.5. The van der Waals surface area contributed by atoms with Crippen LogP contribution in [0.15, 0.2) is 48.5 Å². The molecule has 0 spiro atoms. The Kier molecular flexibility index (Phi) is 15.5. The third-order valence-electron chi connectivity index (χ3n) is 11.2. The Bertz CT molecular complexity index is 1600. The van der Waals surface area contributed by atoms with Gasteiger partial charge in [0, 0.05) is 18.8 Å². The summed E-state index contributed by atoms with van der Waals surface area (Å²) >= 11 is 0. The summed E-state index contributed by atoms with van der Waals surface area (Å²) < 4.78 is 0. The lowest BCUT2D eigenvalue weighted by atomic mass is 9.81. The van der Waals surface area contributed by atoms with E-state index < -0.39 is 0 Å². The van der Waals surface area contributed by atoms with Gasteiger partial charge in [-0.25, -0.2) is 0 Å². The summed E-state index contributed by atoms with van der Waals surface area (Å²) in [7, 11) is 0. The Balaban J connectivity index is 1.81. The molecule has 4 nitrogen and oxygen atoms in total. The van der Waals surface area contributed by atoms with Gasteiger partial charge in [0.05, 0.1) is 0 Å². The van der Waals surface area contributed by atoms with Crippen molar-refractivity contribution in [1.82, 2.24) is 0 Å². The zero-order valence-corrected chi connectivity index (χ0v) is 33.3. The Morgan fingerprint density at radius 2 is 0.654 bits per heavy atom. The van der Waals surface area contributed by atoms with E-state index in [9.17, 15) is 20.4 Å². The van der Waals surface area contributed by atoms with Gasteiger partial charge >= 0.3 is 0 Å². The van der Waals surface area contributed by atoms with Crippen LogP contribution in [-0.4, -0.2) is 20.4 Å². The number of benzene rings is 4. The van der Waals surface area contributed by atoms with E-state index in [0.717, 1.165) is 107 Å². The Morgan fingerprint density at radius 1 is 0.365 bits per heavy atom. The van der Waals surface area contributed by atoms with E-state index in [1.807, 2.05) is 0 Å². The fourth-order valence-electron chi connectivity index (χ4n) is 8.00. The number of aromatic hydroxyl groups is 4. The third-order valence-corrected chi connectivity index (χ3v) is 11.2. The van der Waals surface area contributed by atoms with Gasteiger partial charge in [-0.3, -0.25) is 0 Å². The molecule has 4 rings (SSSR count). The zero-order valence-electron chi connectivity index (χ0n) is 33.3. The molecule has 4 heteroatoms. The Labute approximate surface area is 315 Å². The highest BCUT2D eigenvalue weighted by Crippen LogP contribution is 2.40. The molecule has 0 amide bonds. The van der Waals surface area contributed by atoms with Crippen molar-refractivity contribution >= 4 is 0 Å². The van der Waals surface area contributed by atoms with Crippen LogP contribution in [0, 0.1) is 0 Å². The Morgan fingerprint density at radius 3 is 1.00 bits per heavy atom. The number of unbranched alkanes of at least 4 members (excludes halogenated alkanes) is 6. The second-order valence-electron chi connectivity index (χ2n) is 14.8. The highest BCUT2D eigenvalue weighted by Gasteiger charge is 2.22. The van der Waals surface area contributed by atoms with Gasteiger partial charge in [-0.1, -0.05) is 142 Å². The first kappa shape index (κ1) is 40.8. The molecular formula is C48H66O4. The smallest absolute Gasteiger partial charge is 0.122 e. The molecule has 0 bridgehead atoms. The lowest BCUT2D eigenvalue weighted by Gasteiger charge is -2.24. The third kappa shape index (κ3) is 9.94. The highest BCUT2D eigenvalue weighted by atomic mass is 16.3. The van der Waals surface area contributed by atoms with E-state index in [1.54, 1.807) is 0 Å². The van der Waals surface area contributed by atoms with Crippen molar-refractivity contribution in [3.8, 4) is 23.0 Å². The predicted molar refractivity (Wildman–Crippen MR) is 219 cm³/mol. The van der Waals surface area contributed by atoms with Crippen molar-refractivity contribution in [2.24, 2.45) is 0 Å². The molecule has 0 unspecified atom stereocenters. The zero-order chi connectivity index (χ0) is 37.8. The van der Waals surface area contributed by atoms with E-state index in [1.165, 1.54) is 49.7 Å². The SMILES string of the molecule is CCCCCCCCCC(c1cc(CC)c(O)c(Cc2cc(CC)c(O)c(CC)c2)c1)c1cc(CC)c(O)c(Cc2cc(CC)c(O)c(CC)c2)c1. The fourth-order valence-corrected chi connectivity index (χ4v) is 8.00. The highest BCUT2D eigenvalue weighted by molar-refractivity contribution is 5.54. The van der Waals surface area contributed by atoms with Crippen LogP contribution in [0.25, 0.3) is 0 Å². The fraction of sp³-hybridized carbons (Fsp3) is 0.500. The van der Waals surface area contributed by atoms with Crippen LogP contribution in [0.2, 0.25) is 0 Å². The molecule has 4 aromatic rings. The summed E-state index contributed by atoms with van der Waals surface area (Å²) in [6.45, 7) is 14.8. The second-order valence-corrected chi connectivity index (χ2v) is 14.8. The monoisotopic (exact) mass is 706 g/mol. The topological polar surface area (TPSA) is 80.9 Å². The summed E-state index contributed by atoms with van der Waals surface area (Å²) in [6.07, 6.45) is 15.4. The number of rotatable bonds is 20. The van der Waals surface area contributed by atoms with Gasteiger partial charge in [-0.2, -0.15) is 0 Å². The molecule has 52 heavy (non-hydrogen) atoms. The molecule has 0 heterocycles. The molecule has 0 atom stereocenters. The summed E-state index contributed by atoms with van der Waals surface area (Å²) in [4.78, 5) is 0. The average molecular weight is 707 g/mol. The summed E-state index contributed by atoms with van der Waals surface area (Å²) in [5, 5.41) is 44.7. The average Bonchev–Trinajstić information content (AvgIpc) is 3.15. The molecule has 0 aliphatic rings. The number of phenolic OH excluding ortho intramolecular Hbond substituents is 4. The minimum Gasteiger partial charge on any atom is -0.507 e. The van der Waals surface area contributed by atoms with Crippen LogP contribution in [0.1, 0.15) is 173 Å². The van der Waals surface area contributed by atoms with Crippen molar-refractivity contribution in [1.29, 1.82) is 0 Å². The molecule has 0 fully saturated rings. The summed E-state index contributed by atoms with van der Waals surface area (Å²) in [5.41, 5.74) is 12.2. The first-order chi connectivity index (χ1) is 25.1. The maximum atomic E-state index is 11.6. The van der Waals surface area contributed by atoms with Crippen molar-refractivity contribution in [3.05, 3.63) is 115 Å². The predicted octanol–water partition coefficient (Wildman–Crippen LogP) is 12.3. The quantitative estimate of drug-likeness (QED) is 0.0690. The van der Waals surface area contributed by atoms with E-state index in [2.05, 4.69) is 97.0 Å². The maximum absolute atomic E-state index is 11.6. The van der Waals surface area contributed by atoms with Crippen LogP contribution < -0.4 is 0 Å². The summed E-state index contributed by atoms with van der Waals surface area (Å²) in [5.74, 6) is 1.65. The molecule has 0 aliphatic heterocycles. The minimum absolute atomic E-state index is 0.111. The van der Waals surface area contributed by atoms with Crippen molar-refractivity contribution < 1.29 is 20.4 Å². The van der Waals surface area contributed by atoms with Gasteiger partial charge in [-0.05, 0) is 112 Å². The molecular weight excluding hydrogens is 641 g/mol. The van der Waals surface area contributed by atoms with Gasteiger partial charge < -0.3 is 20.4 Å². The van der Waals surface area contributed by atoms with E-state index in [4.69, 9.17) is 0 Å². The van der Waals surface area contributed by atoms with Crippen molar-refractivity contribution in [3.63, 3.8) is 0 Å².